The smallest absolute Gasteiger partial charge is 0.266 e. The predicted molar refractivity (Wildman–Crippen MR) is 133 cm³/mol. The first-order valence-corrected chi connectivity index (χ1v) is 10.9. The second-order valence-electron chi connectivity index (χ2n) is 7.34. The first-order chi connectivity index (χ1) is 15.9. The van der Waals surface area contributed by atoms with Gasteiger partial charge in [-0.05, 0) is 82.9 Å². The lowest BCUT2D eigenvalue weighted by atomic mass is 10.1. The van der Waals surface area contributed by atoms with Gasteiger partial charge in [0, 0.05) is 11.4 Å². The standard InChI is InChI=1S/C26H22BrN3O3/c1-17-8-9-18(2)23(12-17)30-25(31)16-33-24-11-10-19(14-22(24)27)13-20(15-28)26(32)29-21-6-4-3-5-7-21/h3-14H,16H2,1-2H3,(H,29,32)(H,30,31)/b20-13+. The predicted octanol–water partition coefficient (Wildman–Crippen LogP) is 5.63. The summed E-state index contributed by atoms with van der Waals surface area (Å²) < 4.78 is 6.22. The largest absolute Gasteiger partial charge is 0.483 e. The molecule has 3 aromatic carbocycles. The van der Waals surface area contributed by atoms with Crippen LogP contribution in [0.4, 0.5) is 11.4 Å². The number of halogens is 1. The number of anilines is 2. The van der Waals surface area contributed by atoms with E-state index in [1.807, 2.05) is 44.2 Å². The Morgan fingerprint density at radius 1 is 1.03 bits per heavy atom. The summed E-state index contributed by atoms with van der Waals surface area (Å²) in [4.78, 5) is 24.7. The van der Waals surface area contributed by atoms with Gasteiger partial charge in [-0.2, -0.15) is 5.26 Å². The first kappa shape index (κ1) is 23.8. The normalized spacial score (nSPS) is 10.8. The summed E-state index contributed by atoms with van der Waals surface area (Å²) >= 11 is 3.42. The maximum atomic E-state index is 12.4. The number of carbonyl (C=O) groups excluding carboxylic acids is 2. The Kier molecular flexibility index (Phi) is 8.01. The second-order valence-corrected chi connectivity index (χ2v) is 8.19. The Balaban J connectivity index is 1.64. The van der Waals surface area contributed by atoms with Gasteiger partial charge >= 0.3 is 0 Å². The SMILES string of the molecule is Cc1ccc(C)c(NC(=O)COc2ccc(/C=C(\C#N)C(=O)Nc3ccccc3)cc2Br)c1. The molecule has 33 heavy (non-hydrogen) atoms. The van der Waals surface area contributed by atoms with Crippen molar-refractivity contribution >= 4 is 45.2 Å². The molecule has 0 fully saturated rings. The lowest BCUT2D eigenvalue weighted by Gasteiger charge is -2.11. The van der Waals surface area contributed by atoms with Crippen molar-refractivity contribution in [2.75, 3.05) is 17.2 Å². The summed E-state index contributed by atoms with van der Waals surface area (Å²) in [5.74, 6) is -0.303. The molecule has 0 unspecified atom stereocenters. The fraction of sp³-hybridized carbons (Fsp3) is 0.115. The number of amides is 2. The minimum Gasteiger partial charge on any atom is -0.483 e. The van der Waals surface area contributed by atoms with Crippen LogP contribution in [0.2, 0.25) is 0 Å². The third kappa shape index (κ3) is 6.79. The number of nitrogens with one attached hydrogen (secondary N) is 2. The molecule has 0 heterocycles. The highest BCUT2D eigenvalue weighted by molar-refractivity contribution is 9.10. The summed E-state index contributed by atoms with van der Waals surface area (Å²) in [6, 6.07) is 21.8. The van der Waals surface area contributed by atoms with Crippen LogP contribution in [0.3, 0.4) is 0 Å². The number of rotatable bonds is 7. The number of benzene rings is 3. The van der Waals surface area contributed by atoms with Crippen molar-refractivity contribution < 1.29 is 14.3 Å². The summed E-state index contributed by atoms with van der Waals surface area (Å²) in [7, 11) is 0. The topological polar surface area (TPSA) is 91.2 Å². The molecule has 0 atom stereocenters. The zero-order valence-corrected chi connectivity index (χ0v) is 19.8. The highest BCUT2D eigenvalue weighted by Crippen LogP contribution is 2.27. The quantitative estimate of drug-likeness (QED) is 0.322. The molecule has 0 saturated carbocycles. The number of para-hydroxylation sites is 1. The van der Waals surface area contributed by atoms with E-state index in [1.54, 1.807) is 42.5 Å². The van der Waals surface area contributed by atoms with E-state index in [4.69, 9.17) is 4.74 Å². The lowest BCUT2D eigenvalue weighted by Crippen LogP contribution is -2.20. The third-order valence-electron chi connectivity index (χ3n) is 4.69. The van der Waals surface area contributed by atoms with Crippen molar-refractivity contribution in [2.45, 2.75) is 13.8 Å². The van der Waals surface area contributed by atoms with Crippen LogP contribution in [0.15, 0.2) is 76.8 Å². The molecular weight excluding hydrogens is 482 g/mol. The summed E-state index contributed by atoms with van der Waals surface area (Å²) in [5, 5.41) is 14.9. The van der Waals surface area contributed by atoms with Gasteiger partial charge in [0.15, 0.2) is 6.61 Å². The van der Waals surface area contributed by atoms with Crippen molar-refractivity contribution in [3.05, 3.63) is 93.5 Å². The van der Waals surface area contributed by atoms with Crippen LogP contribution >= 0.6 is 15.9 Å². The molecule has 0 spiro atoms. The fourth-order valence-corrected chi connectivity index (χ4v) is 3.47. The molecule has 0 aliphatic carbocycles. The molecule has 0 aliphatic heterocycles. The molecule has 2 N–H and O–H groups in total. The molecule has 3 aromatic rings. The van der Waals surface area contributed by atoms with Crippen molar-refractivity contribution in [3.63, 3.8) is 0 Å². The molecule has 2 amide bonds. The minimum atomic E-state index is -0.497. The molecule has 3 rings (SSSR count). The molecule has 0 bridgehead atoms. The van der Waals surface area contributed by atoms with Crippen molar-refractivity contribution in [3.8, 4) is 11.8 Å². The number of ether oxygens (including phenoxy) is 1. The van der Waals surface area contributed by atoms with Gasteiger partial charge in [-0.15, -0.1) is 0 Å². The van der Waals surface area contributed by atoms with Gasteiger partial charge in [-0.25, -0.2) is 0 Å². The van der Waals surface area contributed by atoms with E-state index in [9.17, 15) is 14.9 Å². The summed E-state index contributed by atoms with van der Waals surface area (Å²) in [6.45, 7) is 3.72. The van der Waals surface area contributed by atoms with Crippen LogP contribution in [-0.2, 0) is 9.59 Å². The molecule has 0 saturated heterocycles. The zero-order chi connectivity index (χ0) is 23.8. The van der Waals surface area contributed by atoms with Gasteiger partial charge in [0.05, 0.1) is 4.47 Å². The average Bonchev–Trinajstić information content (AvgIpc) is 2.80. The monoisotopic (exact) mass is 503 g/mol. The maximum Gasteiger partial charge on any atom is 0.266 e. The van der Waals surface area contributed by atoms with E-state index in [0.717, 1.165) is 16.8 Å². The number of hydrogen-bond acceptors (Lipinski definition) is 4. The number of hydrogen-bond donors (Lipinski definition) is 2. The zero-order valence-electron chi connectivity index (χ0n) is 18.2. The molecule has 6 nitrogen and oxygen atoms in total. The van der Waals surface area contributed by atoms with Crippen molar-refractivity contribution in [1.29, 1.82) is 5.26 Å². The number of aryl methyl sites for hydroxylation is 2. The molecule has 7 heteroatoms. The Hall–Kier alpha value is -3.89. The summed E-state index contributed by atoms with van der Waals surface area (Å²) in [5.41, 5.74) is 3.98. The van der Waals surface area contributed by atoms with Crippen LogP contribution in [0.25, 0.3) is 6.08 Å². The lowest BCUT2D eigenvalue weighted by molar-refractivity contribution is -0.118. The highest BCUT2D eigenvalue weighted by Gasteiger charge is 2.11. The first-order valence-electron chi connectivity index (χ1n) is 10.1. The van der Waals surface area contributed by atoms with Crippen molar-refractivity contribution in [2.24, 2.45) is 0 Å². The van der Waals surface area contributed by atoms with Gasteiger partial charge in [0.1, 0.15) is 17.4 Å². The third-order valence-corrected chi connectivity index (χ3v) is 5.31. The number of nitriles is 1. The Labute approximate surface area is 201 Å². The molecule has 0 aliphatic rings. The van der Waals surface area contributed by atoms with Gasteiger partial charge in [-0.3, -0.25) is 9.59 Å². The average molecular weight is 504 g/mol. The van der Waals surface area contributed by atoms with E-state index < -0.39 is 5.91 Å². The fourth-order valence-electron chi connectivity index (χ4n) is 2.96. The van der Waals surface area contributed by atoms with E-state index in [0.29, 0.717) is 21.5 Å². The highest BCUT2D eigenvalue weighted by atomic mass is 79.9. The van der Waals surface area contributed by atoms with E-state index in [2.05, 4.69) is 26.6 Å². The molecular formula is C26H22BrN3O3. The molecule has 166 valence electrons. The van der Waals surface area contributed by atoms with Gasteiger partial charge in [-0.1, -0.05) is 36.4 Å². The maximum absolute atomic E-state index is 12.4. The van der Waals surface area contributed by atoms with Crippen LogP contribution < -0.4 is 15.4 Å². The Bertz CT molecular complexity index is 1250. The molecule has 0 aromatic heterocycles. The molecule has 0 radical (unpaired) electrons. The van der Waals surface area contributed by atoms with Gasteiger partial charge in [0.2, 0.25) is 0 Å². The summed E-state index contributed by atoms with van der Waals surface area (Å²) in [6.07, 6.45) is 1.49. The van der Waals surface area contributed by atoms with E-state index in [-0.39, 0.29) is 18.1 Å². The van der Waals surface area contributed by atoms with Crippen LogP contribution in [0, 0.1) is 25.2 Å². The Morgan fingerprint density at radius 2 is 1.79 bits per heavy atom. The minimum absolute atomic E-state index is 0.0349. The Morgan fingerprint density at radius 3 is 2.48 bits per heavy atom. The van der Waals surface area contributed by atoms with Crippen molar-refractivity contribution in [1.82, 2.24) is 0 Å². The van der Waals surface area contributed by atoms with E-state index in [1.165, 1.54) is 6.08 Å². The van der Waals surface area contributed by atoms with Crippen LogP contribution in [-0.4, -0.2) is 18.4 Å². The number of nitrogens with zero attached hydrogens (tertiary/aromatic N) is 1. The van der Waals surface area contributed by atoms with Crippen LogP contribution in [0.1, 0.15) is 16.7 Å². The van der Waals surface area contributed by atoms with Gasteiger partial charge in [0.25, 0.3) is 11.8 Å². The van der Waals surface area contributed by atoms with Gasteiger partial charge < -0.3 is 15.4 Å². The van der Waals surface area contributed by atoms with Crippen LogP contribution in [0.5, 0.6) is 5.75 Å². The second kappa shape index (κ2) is 11.1. The van der Waals surface area contributed by atoms with E-state index >= 15 is 0 Å². The number of carbonyl (C=O) groups is 2.